The van der Waals surface area contributed by atoms with Gasteiger partial charge in [0, 0.05) is 10.9 Å². The van der Waals surface area contributed by atoms with Crippen LogP contribution in [0.3, 0.4) is 0 Å². The summed E-state index contributed by atoms with van der Waals surface area (Å²) >= 11 is 0. The van der Waals surface area contributed by atoms with E-state index >= 15 is 0 Å². The minimum absolute atomic E-state index is 0.245. The van der Waals surface area contributed by atoms with Crippen LogP contribution < -0.4 is 5.63 Å². The lowest BCUT2D eigenvalue weighted by Gasteiger charge is -2.07. The molecule has 0 aliphatic rings. The lowest BCUT2D eigenvalue weighted by molar-refractivity contribution is 0.554. The molecule has 0 fully saturated rings. The molecule has 0 radical (unpaired) electrons. The summed E-state index contributed by atoms with van der Waals surface area (Å²) in [6.45, 7) is 3.78. The van der Waals surface area contributed by atoms with Crippen molar-refractivity contribution in [3.8, 4) is 0 Å². The van der Waals surface area contributed by atoms with Crippen molar-refractivity contribution in [3.63, 3.8) is 0 Å². The highest BCUT2D eigenvalue weighted by Crippen LogP contribution is 2.27. The largest absolute Gasteiger partial charge is 0.422 e. The van der Waals surface area contributed by atoms with Crippen LogP contribution in [-0.2, 0) is 0 Å². The van der Waals surface area contributed by atoms with Crippen molar-refractivity contribution < 1.29 is 4.42 Å². The Labute approximate surface area is 98.5 Å². The van der Waals surface area contributed by atoms with Crippen molar-refractivity contribution >= 4 is 21.7 Å². The molecule has 0 spiro atoms. The predicted octanol–water partition coefficient (Wildman–Crippen LogP) is 3.56. The van der Waals surface area contributed by atoms with E-state index in [2.05, 4.69) is 12.1 Å². The zero-order valence-electron chi connectivity index (χ0n) is 9.78. The highest BCUT2D eigenvalue weighted by molar-refractivity contribution is 6.07. The standard InChI is InChI=1S/C15H12O2/c1-9-10(2)15(16)17-13-8-7-11-5-3-4-6-12(11)14(9)13/h3-8H,1-2H3. The Kier molecular flexibility index (Phi) is 2.05. The molecule has 17 heavy (non-hydrogen) atoms. The van der Waals surface area contributed by atoms with Crippen molar-refractivity contribution in [1.82, 2.24) is 0 Å². The first-order valence-corrected chi connectivity index (χ1v) is 5.60. The number of aryl methyl sites for hydroxylation is 1. The number of rotatable bonds is 0. The van der Waals surface area contributed by atoms with Crippen molar-refractivity contribution in [2.24, 2.45) is 0 Å². The fourth-order valence-electron chi connectivity index (χ4n) is 2.24. The normalized spacial score (nSPS) is 11.2. The van der Waals surface area contributed by atoms with Crippen LogP contribution in [0, 0.1) is 13.8 Å². The van der Waals surface area contributed by atoms with Gasteiger partial charge in [0.05, 0.1) is 0 Å². The second-order valence-corrected chi connectivity index (χ2v) is 4.30. The van der Waals surface area contributed by atoms with Gasteiger partial charge in [-0.3, -0.25) is 0 Å². The smallest absolute Gasteiger partial charge is 0.339 e. The Bertz CT molecular complexity index is 782. The molecule has 0 saturated carbocycles. The van der Waals surface area contributed by atoms with E-state index in [0.29, 0.717) is 11.1 Å². The summed E-state index contributed by atoms with van der Waals surface area (Å²) in [6, 6.07) is 12.0. The topological polar surface area (TPSA) is 30.2 Å². The third-order valence-corrected chi connectivity index (χ3v) is 3.34. The molecule has 3 rings (SSSR count). The zero-order chi connectivity index (χ0) is 12.0. The molecule has 0 bridgehead atoms. The highest BCUT2D eigenvalue weighted by Gasteiger charge is 2.09. The van der Waals surface area contributed by atoms with E-state index in [-0.39, 0.29) is 5.63 Å². The second-order valence-electron chi connectivity index (χ2n) is 4.30. The van der Waals surface area contributed by atoms with E-state index in [4.69, 9.17) is 4.42 Å². The molecule has 0 unspecified atom stereocenters. The maximum absolute atomic E-state index is 11.6. The average Bonchev–Trinajstić information content (AvgIpc) is 2.35. The minimum Gasteiger partial charge on any atom is -0.422 e. The Balaban J connectivity index is 2.67. The molecule has 0 atom stereocenters. The fraction of sp³-hybridized carbons (Fsp3) is 0.133. The van der Waals surface area contributed by atoms with Gasteiger partial charge >= 0.3 is 5.63 Å². The van der Waals surface area contributed by atoms with Crippen LogP contribution in [0.4, 0.5) is 0 Å². The van der Waals surface area contributed by atoms with Crippen LogP contribution in [0.1, 0.15) is 11.1 Å². The number of fused-ring (bicyclic) bond motifs is 3. The van der Waals surface area contributed by atoms with E-state index in [9.17, 15) is 4.79 Å². The van der Waals surface area contributed by atoms with E-state index in [0.717, 1.165) is 21.7 Å². The summed E-state index contributed by atoms with van der Waals surface area (Å²) in [7, 11) is 0. The molecule has 0 N–H and O–H groups in total. The summed E-state index contributed by atoms with van der Waals surface area (Å²) in [6.07, 6.45) is 0. The van der Waals surface area contributed by atoms with Crippen molar-refractivity contribution in [2.75, 3.05) is 0 Å². The molecule has 3 aromatic rings. The van der Waals surface area contributed by atoms with Crippen LogP contribution in [0.15, 0.2) is 45.6 Å². The van der Waals surface area contributed by atoms with Gasteiger partial charge < -0.3 is 4.42 Å². The van der Waals surface area contributed by atoms with Crippen molar-refractivity contribution in [3.05, 3.63) is 57.9 Å². The first-order valence-electron chi connectivity index (χ1n) is 5.60. The quantitative estimate of drug-likeness (QED) is 0.431. The van der Waals surface area contributed by atoms with Crippen LogP contribution in [0.25, 0.3) is 21.7 Å². The molecule has 2 aromatic carbocycles. The average molecular weight is 224 g/mol. The Morgan fingerprint density at radius 2 is 1.71 bits per heavy atom. The SMILES string of the molecule is Cc1c(C)c2c(ccc3ccccc32)oc1=O. The van der Waals surface area contributed by atoms with E-state index in [1.54, 1.807) is 0 Å². The third kappa shape index (κ3) is 1.37. The van der Waals surface area contributed by atoms with Gasteiger partial charge in [0.1, 0.15) is 5.58 Å². The summed E-state index contributed by atoms with van der Waals surface area (Å²) in [5.74, 6) is 0. The Morgan fingerprint density at radius 1 is 0.941 bits per heavy atom. The monoisotopic (exact) mass is 224 g/mol. The Hall–Kier alpha value is -2.09. The third-order valence-electron chi connectivity index (χ3n) is 3.34. The van der Waals surface area contributed by atoms with Crippen LogP contribution in [-0.4, -0.2) is 0 Å². The first-order chi connectivity index (χ1) is 8.18. The van der Waals surface area contributed by atoms with Gasteiger partial charge in [0.2, 0.25) is 0 Å². The number of hydrogen-bond donors (Lipinski definition) is 0. The summed E-state index contributed by atoms with van der Waals surface area (Å²) in [5.41, 5.74) is 2.11. The molecule has 1 heterocycles. The Morgan fingerprint density at radius 3 is 2.53 bits per heavy atom. The van der Waals surface area contributed by atoms with Gasteiger partial charge in [-0.15, -0.1) is 0 Å². The van der Waals surface area contributed by atoms with E-state index in [1.807, 2.05) is 38.1 Å². The van der Waals surface area contributed by atoms with E-state index < -0.39 is 0 Å². The molecule has 1 aromatic heterocycles. The first kappa shape index (κ1) is 10.1. The summed E-state index contributed by atoms with van der Waals surface area (Å²) in [5, 5.41) is 3.34. The van der Waals surface area contributed by atoms with Crippen LogP contribution in [0.2, 0.25) is 0 Å². The molecule has 2 nitrogen and oxygen atoms in total. The second kappa shape index (κ2) is 3.45. The number of hydrogen-bond acceptors (Lipinski definition) is 2. The minimum atomic E-state index is -0.245. The maximum atomic E-state index is 11.6. The van der Waals surface area contributed by atoms with Crippen LogP contribution >= 0.6 is 0 Å². The van der Waals surface area contributed by atoms with Crippen molar-refractivity contribution in [2.45, 2.75) is 13.8 Å². The van der Waals surface area contributed by atoms with Gasteiger partial charge in [0.15, 0.2) is 0 Å². The molecule has 84 valence electrons. The van der Waals surface area contributed by atoms with Gasteiger partial charge in [-0.25, -0.2) is 4.79 Å². The van der Waals surface area contributed by atoms with Gasteiger partial charge in [-0.05, 0) is 36.2 Å². The van der Waals surface area contributed by atoms with Crippen molar-refractivity contribution in [1.29, 1.82) is 0 Å². The summed E-state index contributed by atoms with van der Waals surface area (Å²) < 4.78 is 5.33. The van der Waals surface area contributed by atoms with E-state index in [1.165, 1.54) is 0 Å². The van der Waals surface area contributed by atoms with Crippen LogP contribution in [0.5, 0.6) is 0 Å². The molecule has 0 aliphatic carbocycles. The zero-order valence-corrected chi connectivity index (χ0v) is 9.78. The highest BCUT2D eigenvalue weighted by atomic mass is 16.4. The maximum Gasteiger partial charge on any atom is 0.339 e. The molecular formula is C15H12O2. The lowest BCUT2D eigenvalue weighted by Crippen LogP contribution is -2.05. The molecular weight excluding hydrogens is 212 g/mol. The fourth-order valence-corrected chi connectivity index (χ4v) is 2.24. The van der Waals surface area contributed by atoms with Gasteiger partial charge in [-0.2, -0.15) is 0 Å². The predicted molar refractivity (Wildman–Crippen MR) is 69.5 cm³/mol. The molecule has 0 saturated heterocycles. The molecule has 2 heteroatoms. The molecule has 0 aliphatic heterocycles. The lowest BCUT2D eigenvalue weighted by atomic mass is 10.0. The van der Waals surface area contributed by atoms with Gasteiger partial charge in [0.25, 0.3) is 0 Å². The molecule has 0 amide bonds. The summed E-state index contributed by atoms with van der Waals surface area (Å²) in [4.78, 5) is 11.6. The number of benzene rings is 2. The van der Waals surface area contributed by atoms with Gasteiger partial charge in [-0.1, -0.05) is 30.3 Å².